The lowest BCUT2D eigenvalue weighted by Crippen LogP contribution is -2.49. The summed E-state index contributed by atoms with van der Waals surface area (Å²) in [6, 6.07) is 33.5. The highest BCUT2D eigenvalue weighted by Crippen LogP contribution is 2.44. The summed E-state index contributed by atoms with van der Waals surface area (Å²) in [5, 5.41) is 22.9. The molecule has 0 spiro atoms. The number of benzene rings is 4. The van der Waals surface area contributed by atoms with Gasteiger partial charge in [-0.05, 0) is 255 Å². The molecule has 0 amide bonds. The lowest BCUT2D eigenvalue weighted by Gasteiger charge is -2.34. The van der Waals surface area contributed by atoms with E-state index in [-0.39, 0.29) is 39.4 Å². The van der Waals surface area contributed by atoms with E-state index in [2.05, 4.69) is 223 Å². The molecule has 750 valence electrons. The maximum absolute atomic E-state index is 15.0. The van der Waals surface area contributed by atoms with Gasteiger partial charge in [0.1, 0.15) is 69.3 Å². The molecular weight excluding hydrogens is 1830 g/mol. The molecule has 145 heavy (non-hydrogen) atoms. The van der Waals surface area contributed by atoms with Crippen molar-refractivity contribution in [2.45, 2.75) is 203 Å². The van der Waals surface area contributed by atoms with Gasteiger partial charge >= 0.3 is 0 Å². The normalized spacial score (nSPS) is 18.9. The predicted molar refractivity (Wildman–Crippen MR) is 564 cm³/mol. The van der Waals surface area contributed by atoms with Crippen LogP contribution in [0.5, 0.6) is 0 Å². The summed E-state index contributed by atoms with van der Waals surface area (Å²) in [7, 11) is 2.15. The zero-order chi connectivity index (χ0) is 101. The third kappa shape index (κ3) is 20.0. The van der Waals surface area contributed by atoms with Gasteiger partial charge in [0.2, 0.25) is 23.8 Å². The number of rotatable bonds is 17. The first-order chi connectivity index (χ1) is 69.7. The number of anilines is 11. The molecule has 4 fully saturated rings. The van der Waals surface area contributed by atoms with Crippen molar-refractivity contribution >= 4 is 108 Å². The van der Waals surface area contributed by atoms with E-state index in [4.69, 9.17) is 24.9 Å². The average molecular weight is 1960 g/mol. The molecule has 0 aliphatic carbocycles. The molecule has 24 rings (SSSR count). The number of aryl methyl sites for hydroxylation is 9. The standard InChI is InChI=1S/C28H33FN8.3C27H31FN8/c1-17-11-20(12-22-25(17)34-24-7-8-28(3,4)37(22)24)26-21(29)14-32-27(35-26)33-23-6-5-19(13-31-23)16-36-10-9-30-18(2)15-36;1-16-13-19(14-22-25(16)32-24-8-5-17(2)36(22)24)26-20(28)15-29-27(33-26)31-23-7-6-21(18(3)30-23)35-11-9-34(4)10-12-35;2*1-16-11-18(12-21-24(16)33-23-7-8-27(3,4)36(21)23)25-20(28)14-31-26(34-25)32-22-6-5-19(13-30-22)35-10-9-29-17(2)15-35/h5-6,11-14,18,30H,7-10,15-16H2,1-4H3,(H,31,32,33,35);6-7,13-15,17H,5,8-12H2,1-4H3,(H,29,30,31,33);2*5-6,11-14,17,29H,7-10,15H2,1-4H3,(H,30,31,32,34)/t18-;;2*17-/m0.10/s1. The van der Waals surface area contributed by atoms with Crippen LogP contribution in [0.2, 0.25) is 0 Å². The van der Waals surface area contributed by atoms with Crippen molar-refractivity contribution in [1.29, 1.82) is 0 Å². The molecule has 0 radical (unpaired) electrons. The molecule has 12 aromatic heterocycles. The Labute approximate surface area is 841 Å². The van der Waals surface area contributed by atoms with Crippen LogP contribution in [0.1, 0.15) is 158 Å². The van der Waals surface area contributed by atoms with Crippen LogP contribution < -0.4 is 51.9 Å². The second-order valence-electron chi connectivity index (χ2n) is 42.2. The first-order valence-corrected chi connectivity index (χ1v) is 50.7. The van der Waals surface area contributed by atoms with Gasteiger partial charge < -0.3 is 75.1 Å². The van der Waals surface area contributed by atoms with Crippen LogP contribution in [0.3, 0.4) is 0 Å². The van der Waals surface area contributed by atoms with Crippen molar-refractivity contribution in [3.05, 3.63) is 221 Å². The molecule has 4 saturated heterocycles. The SMILES string of the molecule is Cc1cc(-c2nc(Nc3ccc(CN4CCN[C@@H](C)C4)cn3)ncc2F)cc2c1nc1n2C(C)(C)CC1.Cc1cc(-c2nc(Nc3ccc(N4CCN[C@@H](C)C4)cn3)ncc2F)cc2c1nc1n2C(C)(C)CC1.Cc1cc(-c2nc(Nc3ccc(N4CCN[C@H](C)C4)cn3)ncc2F)cc2c1nc1n2C(C)(C)CC1.Cc1nc(Nc2ncc(F)c(-c3cc(C)c4nc5n(c4c3)C(C)CC5)n2)ccc1N1CCN(C)CC1. The van der Waals surface area contributed by atoms with Gasteiger partial charge in [0.15, 0.2) is 23.3 Å². The summed E-state index contributed by atoms with van der Waals surface area (Å²) < 4.78 is 69.0. The van der Waals surface area contributed by atoms with Gasteiger partial charge in [-0.15, -0.1) is 0 Å². The minimum absolute atomic E-state index is 0.0208. The Morgan fingerprint density at radius 1 is 0.359 bits per heavy atom. The van der Waals surface area contributed by atoms with E-state index in [0.29, 0.717) is 87.9 Å². The topological polar surface area (TPSA) is 326 Å². The number of fused-ring (bicyclic) bond motifs is 12. The molecule has 4 atom stereocenters. The summed E-state index contributed by atoms with van der Waals surface area (Å²) in [6.45, 7) is 45.9. The first-order valence-electron chi connectivity index (χ1n) is 50.7. The lowest BCUT2D eigenvalue weighted by molar-refractivity contribution is 0.199. The van der Waals surface area contributed by atoms with Crippen molar-refractivity contribution in [2.24, 2.45) is 0 Å². The van der Waals surface area contributed by atoms with Crippen molar-refractivity contribution in [3.8, 4) is 45.0 Å². The van der Waals surface area contributed by atoms with Crippen molar-refractivity contribution in [2.75, 3.05) is 128 Å². The molecule has 1 unspecified atom stereocenters. The van der Waals surface area contributed by atoms with Crippen LogP contribution in [0.25, 0.3) is 89.2 Å². The molecule has 7 N–H and O–H groups in total. The Kier molecular flexibility index (Phi) is 26.3. The van der Waals surface area contributed by atoms with E-state index in [9.17, 15) is 17.6 Å². The monoisotopic (exact) mass is 1960 g/mol. The van der Waals surface area contributed by atoms with E-state index in [1.54, 1.807) is 0 Å². The van der Waals surface area contributed by atoms with Crippen LogP contribution in [0, 0.1) is 57.9 Å². The Balaban J connectivity index is 0.000000114. The van der Waals surface area contributed by atoms with Crippen molar-refractivity contribution < 1.29 is 17.6 Å². The van der Waals surface area contributed by atoms with Gasteiger partial charge in [-0.2, -0.15) is 0 Å². The number of hydrogen-bond donors (Lipinski definition) is 7. The zero-order valence-corrected chi connectivity index (χ0v) is 85.3. The highest BCUT2D eigenvalue weighted by atomic mass is 19.1. The summed E-state index contributed by atoms with van der Waals surface area (Å²) in [5.74, 6) is 6.25. The summed E-state index contributed by atoms with van der Waals surface area (Å²) >= 11 is 0. The molecule has 32 nitrogen and oxygen atoms in total. The highest BCUT2D eigenvalue weighted by molar-refractivity contribution is 5.90. The summed E-state index contributed by atoms with van der Waals surface area (Å²) in [5.41, 5.74) is 21.3. The molecule has 20 heterocycles. The number of nitrogens with zero attached hydrogens (tertiary/aromatic N) is 25. The Morgan fingerprint density at radius 3 is 1.10 bits per heavy atom. The number of aromatic nitrogens is 20. The van der Waals surface area contributed by atoms with Gasteiger partial charge in [0.05, 0.1) is 104 Å². The van der Waals surface area contributed by atoms with E-state index in [1.807, 2.05) is 138 Å². The summed E-state index contributed by atoms with van der Waals surface area (Å²) in [4.78, 5) is 84.4. The Hall–Kier alpha value is -14.2. The second kappa shape index (κ2) is 39.4. The van der Waals surface area contributed by atoms with Gasteiger partial charge in [0, 0.05) is 187 Å². The number of imidazole rings is 4. The van der Waals surface area contributed by atoms with Crippen LogP contribution in [-0.2, 0) is 48.8 Å². The Morgan fingerprint density at radius 2 is 0.724 bits per heavy atom. The van der Waals surface area contributed by atoms with Gasteiger partial charge in [-0.3, -0.25) is 4.90 Å². The van der Waals surface area contributed by atoms with Gasteiger partial charge in [-0.25, -0.2) is 97.3 Å². The number of likely N-dealkylation sites (N-methyl/N-ethyl adjacent to an activating group) is 1. The van der Waals surface area contributed by atoms with E-state index >= 15 is 0 Å². The quantitative estimate of drug-likeness (QED) is 0.0416. The zero-order valence-electron chi connectivity index (χ0n) is 85.3. The number of hydrogen-bond acceptors (Lipinski definition) is 28. The second-order valence-corrected chi connectivity index (χ2v) is 42.2. The fourth-order valence-electron chi connectivity index (χ4n) is 22.0. The summed E-state index contributed by atoms with van der Waals surface area (Å²) in [6.07, 6.45) is 18.5. The molecule has 0 saturated carbocycles. The largest absolute Gasteiger partial charge is 0.368 e. The molecule has 8 aliphatic rings. The molecule has 0 bridgehead atoms. The van der Waals surface area contributed by atoms with Crippen LogP contribution in [0.4, 0.5) is 81.7 Å². The highest BCUT2D eigenvalue weighted by Gasteiger charge is 2.38. The lowest BCUT2D eigenvalue weighted by atomic mass is 10.0. The third-order valence-electron chi connectivity index (χ3n) is 29.6. The molecule has 8 aliphatic heterocycles. The molecule has 36 heteroatoms. The van der Waals surface area contributed by atoms with E-state index in [0.717, 1.165) is 267 Å². The first kappa shape index (κ1) is 96.9. The minimum atomic E-state index is -0.462. The average Bonchev–Trinajstić information content (AvgIpc) is 1.59. The van der Waals surface area contributed by atoms with Gasteiger partial charge in [0.25, 0.3) is 0 Å². The molecule has 16 aromatic rings. The maximum Gasteiger partial charge on any atom is 0.229 e. The fourth-order valence-corrected chi connectivity index (χ4v) is 22.0. The Bertz CT molecular complexity index is 7350. The number of halogens is 4. The van der Waals surface area contributed by atoms with Crippen molar-refractivity contribution in [1.82, 2.24) is 124 Å². The van der Waals surface area contributed by atoms with E-state index in [1.165, 1.54) is 24.8 Å². The smallest absolute Gasteiger partial charge is 0.229 e. The van der Waals surface area contributed by atoms with Crippen molar-refractivity contribution in [3.63, 3.8) is 0 Å². The number of nitrogens with one attached hydrogen (secondary N) is 7. The van der Waals surface area contributed by atoms with Crippen LogP contribution >= 0.6 is 0 Å². The minimum Gasteiger partial charge on any atom is -0.368 e. The maximum atomic E-state index is 15.0. The third-order valence-corrected chi connectivity index (χ3v) is 29.6. The molecule has 4 aromatic carbocycles. The fraction of sp³-hybridized carbons (Fsp3) is 0.413. The van der Waals surface area contributed by atoms with Gasteiger partial charge in [-0.1, -0.05) is 6.07 Å². The van der Waals surface area contributed by atoms with E-state index < -0.39 is 23.3 Å². The molecular formula is C109H126F4N32. The number of pyridine rings is 4. The van der Waals surface area contributed by atoms with Crippen LogP contribution in [0.15, 0.2) is 140 Å². The van der Waals surface area contributed by atoms with Crippen LogP contribution in [-0.4, -0.2) is 218 Å². The predicted octanol–water partition coefficient (Wildman–Crippen LogP) is 18.3. The number of piperazine rings is 4.